The highest BCUT2D eigenvalue weighted by atomic mass is 16.5. The van der Waals surface area contributed by atoms with Gasteiger partial charge in [0.25, 0.3) is 0 Å². The van der Waals surface area contributed by atoms with E-state index >= 15 is 0 Å². The number of phenolic OH excluding ortho intramolecular Hbond substituents is 2. The number of likely N-dealkylation sites (N-methyl/N-ethyl adjacent to an activating group) is 1. The van der Waals surface area contributed by atoms with Gasteiger partial charge in [0.15, 0.2) is 11.5 Å². The third kappa shape index (κ3) is 2.19. The lowest BCUT2D eigenvalue weighted by Gasteiger charge is -2.46. The maximum absolute atomic E-state index is 10.9. The van der Waals surface area contributed by atoms with Crippen LogP contribution in [-0.4, -0.2) is 49.6 Å². The molecule has 2 aliphatic rings. The number of phenols is 2. The number of fused-ring (bicyclic) bond motifs is 2. The van der Waals surface area contributed by atoms with Crippen LogP contribution in [0.3, 0.4) is 0 Å². The Balaban J connectivity index is 2.09. The molecule has 1 atom stereocenters. The molecule has 0 unspecified atom stereocenters. The van der Waals surface area contributed by atoms with Gasteiger partial charge in [0.05, 0.1) is 34.9 Å². The summed E-state index contributed by atoms with van der Waals surface area (Å²) in [4.78, 5) is 0. The van der Waals surface area contributed by atoms with E-state index in [0.29, 0.717) is 22.6 Å². The lowest BCUT2D eigenvalue weighted by Crippen LogP contribution is -2.49. The number of hydrogen-bond donors (Lipinski definition) is 2. The first kappa shape index (κ1) is 16.1. The summed E-state index contributed by atoms with van der Waals surface area (Å²) in [5.41, 5.74) is 4.76. The van der Waals surface area contributed by atoms with Crippen LogP contribution in [0, 0.1) is 0 Å². The Labute approximate surface area is 147 Å². The number of ether oxygens (including phenoxy) is 2. The number of hydrogen-bond acceptors (Lipinski definition) is 4. The molecule has 0 spiro atoms. The maximum atomic E-state index is 10.9. The number of rotatable bonds is 2. The van der Waals surface area contributed by atoms with Gasteiger partial charge in [-0.15, -0.1) is 0 Å². The van der Waals surface area contributed by atoms with Crippen molar-refractivity contribution < 1.29 is 24.2 Å². The summed E-state index contributed by atoms with van der Waals surface area (Å²) in [5.74, 6) is 1.33. The number of aromatic hydroxyl groups is 2. The normalized spacial score (nSPS) is 19.8. The Bertz CT molecular complexity index is 873. The molecule has 25 heavy (non-hydrogen) atoms. The van der Waals surface area contributed by atoms with Crippen molar-refractivity contribution in [2.75, 3.05) is 34.9 Å². The fraction of sp³-hybridized carbons (Fsp3) is 0.400. The Morgan fingerprint density at radius 1 is 1.00 bits per heavy atom. The minimum atomic E-state index is 0.106. The van der Waals surface area contributed by atoms with Gasteiger partial charge in [0, 0.05) is 35.6 Å². The van der Waals surface area contributed by atoms with E-state index in [0.717, 1.165) is 35.0 Å². The van der Waals surface area contributed by atoms with Crippen LogP contribution < -0.4 is 9.47 Å². The van der Waals surface area contributed by atoms with E-state index in [9.17, 15) is 10.2 Å². The first-order valence-electron chi connectivity index (χ1n) is 8.53. The Kier molecular flexibility index (Phi) is 3.41. The van der Waals surface area contributed by atoms with Crippen molar-refractivity contribution in [2.24, 2.45) is 0 Å². The zero-order valence-electron chi connectivity index (χ0n) is 15.1. The average molecular weight is 342 g/mol. The van der Waals surface area contributed by atoms with Crippen LogP contribution in [0.5, 0.6) is 23.0 Å². The molecule has 4 rings (SSSR count). The van der Waals surface area contributed by atoms with Gasteiger partial charge in [-0.25, -0.2) is 0 Å². The number of methoxy groups -OCH3 is 2. The largest absolute Gasteiger partial charge is 0.507 e. The van der Waals surface area contributed by atoms with Crippen LogP contribution in [0.1, 0.15) is 22.7 Å². The van der Waals surface area contributed by atoms with Gasteiger partial charge in [-0.05, 0) is 23.3 Å². The minimum Gasteiger partial charge on any atom is -0.507 e. The minimum absolute atomic E-state index is 0.106. The lowest BCUT2D eigenvalue weighted by molar-refractivity contribution is -0.923. The molecule has 2 N–H and O–H groups in total. The second-order valence-corrected chi connectivity index (χ2v) is 7.53. The molecule has 1 heterocycles. The van der Waals surface area contributed by atoms with Crippen molar-refractivity contribution in [3.8, 4) is 34.1 Å². The van der Waals surface area contributed by atoms with Gasteiger partial charge < -0.3 is 24.2 Å². The predicted octanol–water partition coefficient (Wildman–Crippen LogP) is 3.01. The Morgan fingerprint density at radius 3 is 2.44 bits per heavy atom. The van der Waals surface area contributed by atoms with Crippen LogP contribution in [0.4, 0.5) is 0 Å². The van der Waals surface area contributed by atoms with Crippen molar-refractivity contribution >= 4 is 0 Å². The molecule has 1 aliphatic carbocycles. The molecular weight excluding hydrogens is 318 g/mol. The van der Waals surface area contributed by atoms with Crippen molar-refractivity contribution in [3.05, 3.63) is 34.9 Å². The van der Waals surface area contributed by atoms with Crippen molar-refractivity contribution in [2.45, 2.75) is 18.9 Å². The maximum Gasteiger partial charge on any atom is 0.166 e. The predicted molar refractivity (Wildman–Crippen MR) is 95.4 cm³/mol. The van der Waals surface area contributed by atoms with Gasteiger partial charge in [0.1, 0.15) is 17.5 Å². The molecule has 2 aromatic carbocycles. The van der Waals surface area contributed by atoms with Crippen LogP contribution in [0.15, 0.2) is 18.2 Å². The third-order valence-corrected chi connectivity index (χ3v) is 5.82. The van der Waals surface area contributed by atoms with E-state index in [-0.39, 0.29) is 17.5 Å². The Morgan fingerprint density at radius 2 is 1.76 bits per heavy atom. The highest BCUT2D eigenvalue weighted by Gasteiger charge is 2.43. The molecule has 5 nitrogen and oxygen atoms in total. The highest BCUT2D eigenvalue weighted by Crippen LogP contribution is 2.55. The van der Waals surface area contributed by atoms with Crippen LogP contribution in [0.25, 0.3) is 11.1 Å². The quantitative estimate of drug-likeness (QED) is 0.824. The van der Waals surface area contributed by atoms with Gasteiger partial charge in [-0.2, -0.15) is 0 Å². The number of benzene rings is 2. The summed E-state index contributed by atoms with van der Waals surface area (Å²) in [6.45, 7) is 1.02. The fourth-order valence-electron chi connectivity index (χ4n) is 4.41. The van der Waals surface area contributed by atoms with Crippen LogP contribution >= 0.6 is 0 Å². The summed E-state index contributed by atoms with van der Waals surface area (Å²) in [6, 6.07) is 5.75. The first-order chi connectivity index (χ1) is 11.9. The molecule has 0 radical (unpaired) electrons. The van der Waals surface area contributed by atoms with Crippen molar-refractivity contribution in [3.63, 3.8) is 0 Å². The molecule has 0 fully saturated rings. The molecular formula is C20H24NO4+. The van der Waals surface area contributed by atoms with E-state index in [2.05, 4.69) is 14.1 Å². The molecule has 1 aliphatic heterocycles. The number of nitrogens with zero attached hydrogens (tertiary/aromatic N) is 1. The summed E-state index contributed by atoms with van der Waals surface area (Å²) in [6.07, 6.45) is 1.73. The van der Waals surface area contributed by atoms with Gasteiger partial charge in [-0.1, -0.05) is 0 Å². The highest BCUT2D eigenvalue weighted by molar-refractivity contribution is 5.86. The zero-order chi connectivity index (χ0) is 17.9. The van der Waals surface area contributed by atoms with Crippen LogP contribution in [-0.2, 0) is 12.8 Å². The standard InChI is InChI=1S/C20H23NO4/c1-21(2)6-5-11-9-16(25-4)20(23)19-17(11)14(21)8-12-7-13(24-3)10-15(22)18(12)19/h7,9-10,14H,5-6,8H2,1-4H3,(H-,22,23)/p+1/t14-/m1/s1. The molecule has 0 amide bonds. The molecule has 0 aromatic heterocycles. The van der Waals surface area contributed by atoms with Gasteiger partial charge in [-0.3, -0.25) is 0 Å². The molecule has 132 valence electrons. The first-order valence-corrected chi connectivity index (χ1v) is 8.53. The monoisotopic (exact) mass is 342 g/mol. The van der Waals surface area contributed by atoms with E-state index in [1.54, 1.807) is 20.3 Å². The SMILES string of the molecule is COc1cc(O)c2c(c1)C[C@@H]1c3c(cc(OC)c(O)c3-2)CC[N+]1(C)C. The summed E-state index contributed by atoms with van der Waals surface area (Å²) >= 11 is 0. The summed E-state index contributed by atoms with van der Waals surface area (Å²) in [5, 5.41) is 21.6. The second kappa shape index (κ2) is 5.30. The van der Waals surface area contributed by atoms with E-state index in [1.165, 1.54) is 5.56 Å². The molecule has 5 heteroatoms. The lowest BCUT2D eigenvalue weighted by atomic mass is 9.75. The summed E-state index contributed by atoms with van der Waals surface area (Å²) in [7, 11) is 7.61. The fourth-order valence-corrected chi connectivity index (χ4v) is 4.41. The third-order valence-electron chi connectivity index (χ3n) is 5.82. The number of quaternary nitrogens is 1. The molecule has 0 saturated carbocycles. The van der Waals surface area contributed by atoms with Crippen LogP contribution in [0.2, 0.25) is 0 Å². The van der Waals surface area contributed by atoms with Gasteiger partial charge >= 0.3 is 0 Å². The second-order valence-electron chi connectivity index (χ2n) is 7.53. The smallest absolute Gasteiger partial charge is 0.166 e. The molecule has 2 aromatic rings. The van der Waals surface area contributed by atoms with Crippen molar-refractivity contribution in [1.82, 2.24) is 0 Å². The summed E-state index contributed by atoms with van der Waals surface area (Å²) < 4.78 is 11.6. The topological polar surface area (TPSA) is 58.9 Å². The zero-order valence-corrected chi connectivity index (χ0v) is 15.1. The molecule has 0 bridgehead atoms. The van der Waals surface area contributed by atoms with Crippen molar-refractivity contribution in [1.29, 1.82) is 0 Å². The van der Waals surface area contributed by atoms with Gasteiger partial charge in [0.2, 0.25) is 0 Å². The average Bonchev–Trinajstić information content (AvgIpc) is 2.59. The van der Waals surface area contributed by atoms with E-state index < -0.39 is 0 Å². The van der Waals surface area contributed by atoms with E-state index in [4.69, 9.17) is 9.47 Å². The Hall–Kier alpha value is -2.40. The molecule has 0 saturated heterocycles. The van der Waals surface area contributed by atoms with E-state index in [1.807, 2.05) is 12.1 Å².